The maximum Gasteiger partial charge on any atom is 0.263 e. The summed E-state index contributed by atoms with van der Waals surface area (Å²) in [5, 5.41) is 2.90. The molecule has 0 amide bonds. The highest BCUT2D eigenvalue weighted by atomic mass is 19.3. The van der Waals surface area contributed by atoms with Crippen LogP contribution < -0.4 is 5.32 Å². The quantitative estimate of drug-likeness (QED) is 0.846. The Morgan fingerprint density at radius 2 is 1.89 bits per heavy atom. The van der Waals surface area contributed by atoms with Crippen LogP contribution in [-0.2, 0) is 6.54 Å². The van der Waals surface area contributed by atoms with Crippen LogP contribution in [-0.4, -0.2) is 0 Å². The number of hydrogen-bond acceptors (Lipinski definition) is 1. The van der Waals surface area contributed by atoms with Crippen LogP contribution in [0.1, 0.15) is 23.1 Å². The highest BCUT2D eigenvalue weighted by Crippen LogP contribution is 2.21. The molecular weight excluding hydrogens is 251 g/mol. The van der Waals surface area contributed by atoms with Crippen LogP contribution in [0.25, 0.3) is 0 Å². The Balaban J connectivity index is 2.08. The van der Waals surface area contributed by atoms with Gasteiger partial charge in [0.15, 0.2) is 0 Å². The third kappa shape index (κ3) is 3.50. The van der Waals surface area contributed by atoms with Gasteiger partial charge in [0.25, 0.3) is 6.43 Å². The molecule has 0 fully saturated rings. The van der Waals surface area contributed by atoms with E-state index in [0.717, 1.165) is 5.56 Å². The Hall–Kier alpha value is -1.97. The first-order valence-corrected chi connectivity index (χ1v) is 5.93. The van der Waals surface area contributed by atoms with E-state index in [9.17, 15) is 13.2 Å². The van der Waals surface area contributed by atoms with Crippen molar-refractivity contribution in [2.45, 2.75) is 19.9 Å². The van der Waals surface area contributed by atoms with E-state index in [0.29, 0.717) is 17.8 Å². The van der Waals surface area contributed by atoms with E-state index in [2.05, 4.69) is 5.32 Å². The Bertz CT molecular complexity index is 567. The second kappa shape index (κ2) is 5.78. The minimum Gasteiger partial charge on any atom is -0.379 e. The monoisotopic (exact) mass is 265 g/mol. The van der Waals surface area contributed by atoms with Crippen LogP contribution in [0.2, 0.25) is 0 Å². The highest BCUT2D eigenvalue weighted by molar-refractivity contribution is 5.46. The lowest BCUT2D eigenvalue weighted by atomic mass is 10.1. The molecule has 100 valence electrons. The Morgan fingerprint density at radius 1 is 1.11 bits per heavy atom. The third-order valence-corrected chi connectivity index (χ3v) is 2.81. The molecule has 2 rings (SSSR count). The summed E-state index contributed by atoms with van der Waals surface area (Å²) in [6, 6.07) is 11.0. The number of halogens is 3. The summed E-state index contributed by atoms with van der Waals surface area (Å²) in [5.41, 5.74) is 1.87. The first-order valence-electron chi connectivity index (χ1n) is 5.93. The van der Waals surface area contributed by atoms with Crippen molar-refractivity contribution in [1.82, 2.24) is 0 Å². The Kier molecular flexibility index (Phi) is 4.10. The number of rotatable bonds is 4. The summed E-state index contributed by atoms with van der Waals surface area (Å²) in [6.07, 6.45) is -2.49. The molecule has 2 aromatic carbocycles. The van der Waals surface area contributed by atoms with Gasteiger partial charge in [0.05, 0.1) is 5.69 Å². The van der Waals surface area contributed by atoms with E-state index >= 15 is 0 Å². The first kappa shape index (κ1) is 13.5. The van der Waals surface area contributed by atoms with Gasteiger partial charge in [0.1, 0.15) is 5.82 Å². The summed E-state index contributed by atoms with van der Waals surface area (Å²) >= 11 is 0. The van der Waals surface area contributed by atoms with Crippen molar-refractivity contribution in [1.29, 1.82) is 0 Å². The molecule has 0 saturated carbocycles. The topological polar surface area (TPSA) is 12.0 Å². The minimum atomic E-state index is -2.49. The molecule has 0 unspecified atom stereocenters. The zero-order chi connectivity index (χ0) is 13.8. The molecule has 0 aliphatic heterocycles. The van der Waals surface area contributed by atoms with E-state index in [-0.39, 0.29) is 11.4 Å². The standard InChI is InChI=1S/C15H14F3N/c1-10-5-6-14(13(16)7-10)19-9-11-3-2-4-12(8-11)15(17)18/h2-8,15,19H,9H2,1H3. The zero-order valence-electron chi connectivity index (χ0n) is 10.5. The molecule has 0 aliphatic rings. The number of alkyl halides is 2. The lowest BCUT2D eigenvalue weighted by Gasteiger charge is -2.09. The second-order valence-electron chi connectivity index (χ2n) is 4.38. The molecule has 0 bridgehead atoms. The van der Waals surface area contributed by atoms with Crippen molar-refractivity contribution in [2.75, 3.05) is 5.32 Å². The van der Waals surface area contributed by atoms with Crippen molar-refractivity contribution in [3.8, 4) is 0 Å². The molecule has 0 aliphatic carbocycles. The van der Waals surface area contributed by atoms with Crippen LogP contribution in [0, 0.1) is 12.7 Å². The lowest BCUT2D eigenvalue weighted by molar-refractivity contribution is 0.151. The number of hydrogen-bond donors (Lipinski definition) is 1. The van der Waals surface area contributed by atoms with Gasteiger partial charge in [-0.15, -0.1) is 0 Å². The molecule has 19 heavy (non-hydrogen) atoms. The summed E-state index contributed by atoms with van der Waals surface area (Å²) in [7, 11) is 0. The molecule has 0 saturated heterocycles. The van der Waals surface area contributed by atoms with Crippen LogP contribution in [0.15, 0.2) is 42.5 Å². The number of aryl methyl sites for hydroxylation is 1. The molecular formula is C15H14F3N. The van der Waals surface area contributed by atoms with E-state index in [1.54, 1.807) is 31.2 Å². The summed E-state index contributed by atoms with van der Waals surface area (Å²) < 4.78 is 38.7. The Morgan fingerprint density at radius 3 is 2.58 bits per heavy atom. The van der Waals surface area contributed by atoms with Gasteiger partial charge in [-0.3, -0.25) is 0 Å². The van der Waals surface area contributed by atoms with Gasteiger partial charge in [-0.1, -0.05) is 24.3 Å². The average Bonchev–Trinajstić information content (AvgIpc) is 2.38. The van der Waals surface area contributed by atoms with Crippen molar-refractivity contribution in [3.05, 3.63) is 65.0 Å². The molecule has 1 N–H and O–H groups in total. The predicted octanol–water partition coefficient (Wildman–Crippen LogP) is 4.68. The smallest absolute Gasteiger partial charge is 0.263 e. The molecule has 2 aromatic rings. The number of benzene rings is 2. The normalized spacial score (nSPS) is 10.8. The lowest BCUT2D eigenvalue weighted by Crippen LogP contribution is -2.02. The van der Waals surface area contributed by atoms with Gasteiger partial charge in [-0.25, -0.2) is 13.2 Å². The molecule has 0 atom stereocenters. The van der Waals surface area contributed by atoms with Crippen molar-refractivity contribution >= 4 is 5.69 Å². The zero-order valence-corrected chi connectivity index (χ0v) is 10.5. The fourth-order valence-corrected chi connectivity index (χ4v) is 1.80. The SMILES string of the molecule is Cc1ccc(NCc2cccc(C(F)F)c2)c(F)c1. The van der Waals surface area contributed by atoms with Gasteiger partial charge in [-0.2, -0.15) is 0 Å². The minimum absolute atomic E-state index is 0.0244. The van der Waals surface area contributed by atoms with E-state index in [4.69, 9.17) is 0 Å². The molecule has 0 aromatic heterocycles. The van der Waals surface area contributed by atoms with Crippen LogP contribution in [0.5, 0.6) is 0 Å². The average molecular weight is 265 g/mol. The first-order chi connectivity index (χ1) is 9.06. The maximum atomic E-state index is 13.6. The predicted molar refractivity (Wildman–Crippen MR) is 69.9 cm³/mol. The number of anilines is 1. The molecule has 0 radical (unpaired) electrons. The molecule has 0 heterocycles. The molecule has 1 nitrogen and oxygen atoms in total. The fourth-order valence-electron chi connectivity index (χ4n) is 1.80. The number of nitrogens with one attached hydrogen (secondary N) is 1. The second-order valence-corrected chi connectivity index (χ2v) is 4.38. The molecule has 4 heteroatoms. The van der Waals surface area contributed by atoms with Crippen molar-refractivity contribution in [2.24, 2.45) is 0 Å². The highest BCUT2D eigenvalue weighted by Gasteiger charge is 2.07. The van der Waals surface area contributed by atoms with E-state index in [1.165, 1.54) is 18.2 Å². The van der Waals surface area contributed by atoms with Gasteiger partial charge in [-0.05, 0) is 36.2 Å². The van der Waals surface area contributed by atoms with Crippen LogP contribution in [0.3, 0.4) is 0 Å². The Labute approximate surface area is 110 Å². The summed E-state index contributed by atoms with van der Waals surface area (Å²) in [4.78, 5) is 0. The van der Waals surface area contributed by atoms with E-state index in [1.807, 2.05) is 0 Å². The van der Waals surface area contributed by atoms with Gasteiger partial charge < -0.3 is 5.32 Å². The van der Waals surface area contributed by atoms with E-state index < -0.39 is 6.43 Å². The van der Waals surface area contributed by atoms with Crippen LogP contribution in [0.4, 0.5) is 18.9 Å². The third-order valence-electron chi connectivity index (χ3n) is 2.81. The summed E-state index contributed by atoms with van der Waals surface area (Å²) in [5.74, 6) is -0.343. The van der Waals surface area contributed by atoms with Gasteiger partial charge in [0.2, 0.25) is 0 Å². The van der Waals surface area contributed by atoms with Crippen molar-refractivity contribution < 1.29 is 13.2 Å². The molecule has 0 spiro atoms. The summed E-state index contributed by atoms with van der Waals surface area (Å²) in [6.45, 7) is 2.11. The van der Waals surface area contributed by atoms with Gasteiger partial charge in [0, 0.05) is 12.1 Å². The maximum absolute atomic E-state index is 13.6. The van der Waals surface area contributed by atoms with Crippen LogP contribution >= 0.6 is 0 Å². The van der Waals surface area contributed by atoms with Gasteiger partial charge >= 0.3 is 0 Å². The fraction of sp³-hybridized carbons (Fsp3) is 0.200. The largest absolute Gasteiger partial charge is 0.379 e. The van der Waals surface area contributed by atoms with Crippen molar-refractivity contribution in [3.63, 3.8) is 0 Å².